The van der Waals surface area contributed by atoms with Crippen LogP contribution in [0.4, 0.5) is 0 Å². The van der Waals surface area contributed by atoms with Crippen molar-refractivity contribution in [1.29, 1.82) is 0 Å². The topological polar surface area (TPSA) is 40.1 Å². The van der Waals surface area contributed by atoms with Crippen LogP contribution in [0.15, 0.2) is 18.2 Å². The Morgan fingerprint density at radius 3 is 3.11 bits per heavy atom. The fourth-order valence-electron chi connectivity index (χ4n) is 2.47. The third kappa shape index (κ3) is 1.69. The summed E-state index contributed by atoms with van der Waals surface area (Å²) in [5.74, 6) is 0. The molecular weight excluding hydrogens is 240 g/mol. The van der Waals surface area contributed by atoms with E-state index in [0.29, 0.717) is 6.54 Å². The van der Waals surface area contributed by atoms with Gasteiger partial charge < -0.3 is 5.32 Å². The lowest BCUT2D eigenvalue weighted by Crippen LogP contribution is -2.39. The standard InChI is InChI=1S/C13H14N6/c1-2-11-8-19-7-5-14-4-6-18(10-16-19)13(9-15-13)12(3-1)17-11/h1-3,14H,4-8H2/q+2. The fourth-order valence-corrected chi connectivity index (χ4v) is 2.47. The summed E-state index contributed by atoms with van der Waals surface area (Å²) < 4.78 is 0. The minimum Gasteiger partial charge on any atom is -0.311 e. The van der Waals surface area contributed by atoms with Crippen molar-refractivity contribution in [1.82, 2.24) is 20.2 Å². The van der Waals surface area contributed by atoms with Crippen LogP contribution in [0, 0.1) is 12.3 Å². The molecule has 1 aromatic heterocycles. The monoisotopic (exact) mass is 254 g/mol. The van der Waals surface area contributed by atoms with Gasteiger partial charge in [-0.3, -0.25) is 0 Å². The van der Waals surface area contributed by atoms with Gasteiger partial charge in [-0.05, 0) is 12.1 Å². The van der Waals surface area contributed by atoms with Gasteiger partial charge >= 0.3 is 17.9 Å². The van der Waals surface area contributed by atoms with E-state index in [0.717, 1.165) is 37.6 Å². The van der Waals surface area contributed by atoms with E-state index in [1.54, 1.807) is 0 Å². The molecule has 1 N–H and O–H groups in total. The molecule has 3 aliphatic heterocycles. The van der Waals surface area contributed by atoms with Crippen molar-refractivity contribution >= 4 is 0 Å². The molecule has 4 bridgehead atoms. The molecule has 4 heterocycles. The number of nitrogens with zero attached hydrogens (tertiary/aromatic N) is 5. The highest BCUT2D eigenvalue weighted by atomic mass is 15.5. The first-order valence-electron chi connectivity index (χ1n) is 6.52. The quantitative estimate of drug-likeness (QED) is 0.685. The van der Waals surface area contributed by atoms with E-state index in [1.807, 2.05) is 28.1 Å². The van der Waals surface area contributed by atoms with Crippen LogP contribution in [-0.2, 0) is 12.2 Å². The van der Waals surface area contributed by atoms with Crippen molar-refractivity contribution in [3.63, 3.8) is 0 Å². The Kier molecular flexibility index (Phi) is 2.14. The lowest BCUT2D eigenvalue weighted by molar-refractivity contribution is 0.295. The zero-order chi connectivity index (χ0) is 12.7. The average molecular weight is 254 g/mol. The van der Waals surface area contributed by atoms with E-state index in [-0.39, 0.29) is 0 Å². The van der Waals surface area contributed by atoms with Gasteiger partial charge in [-0.2, -0.15) is 0 Å². The predicted molar refractivity (Wildman–Crippen MR) is 70.4 cm³/mol. The molecule has 0 aliphatic carbocycles. The maximum atomic E-state index is 4.70. The van der Waals surface area contributed by atoms with E-state index < -0.39 is 5.66 Å². The first-order chi connectivity index (χ1) is 9.37. The molecule has 0 amide bonds. The Morgan fingerprint density at radius 2 is 2.21 bits per heavy atom. The van der Waals surface area contributed by atoms with E-state index in [2.05, 4.69) is 27.4 Å². The number of nitrogens with one attached hydrogen (secondary N) is 1. The SMILES string of the molecule is C1#[N+]N2CCNCCN1C1(C#[N+]1)c1cccc(n1)C2. The van der Waals surface area contributed by atoms with Crippen LogP contribution in [0.5, 0.6) is 0 Å². The molecule has 0 radical (unpaired) electrons. The first kappa shape index (κ1) is 10.6. The Bertz CT molecular complexity index is 638. The molecule has 19 heavy (non-hydrogen) atoms. The van der Waals surface area contributed by atoms with Gasteiger partial charge in [-0.25, -0.2) is 4.98 Å². The van der Waals surface area contributed by atoms with Gasteiger partial charge in [0, 0.05) is 17.9 Å². The predicted octanol–water partition coefficient (Wildman–Crippen LogP) is 0.507. The second-order valence-electron chi connectivity index (χ2n) is 4.90. The largest absolute Gasteiger partial charge is 0.591 e. The van der Waals surface area contributed by atoms with Crippen molar-refractivity contribution < 1.29 is 0 Å². The number of pyridine rings is 1. The molecule has 3 aliphatic rings. The van der Waals surface area contributed by atoms with Crippen LogP contribution in [0.1, 0.15) is 11.4 Å². The van der Waals surface area contributed by atoms with Gasteiger partial charge in [0.15, 0.2) is 5.69 Å². The van der Waals surface area contributed by atoms with Gasteiger partial charge in [0.1, 0.15) is 13.1 Å². The molecule has 1 atom stereocenters. The molecular formula is C13H14N6+2. The molecule has 1 unspecified atom stereocenters. The Hall–Kier alpha value is -2.31. The van der Waals surface area contributed by atoms with Crippen molar-refractivity contribution in [3.8, 4) is 12.3 Å². The van der Waals surface area contributed by atoms with Gasteiger partial charge in [0.05, 0.1) is 12.2 Å². The number of hydrogen-bond donors (Lipinski definition) is 1. The van der Waals surface area contributed by atoms with Crippen LogP contribution in [0.3, 0.4) is 0 Å². The first-order valence-corrected chi connectivity index (χ1v) is 6.52. The number of fused-ring (bicyclic) bond motifs is 6. The van der Waals surface area contributed by atoms with E-state index in [1.165, 1.54) is 0 Å². The summed E-state index contributed by atoms with van der Waals surface area (Å²) in [6.07, 6.45) is 3.12. The third-order valence-corrected chi connectivity index (χ3v) is 3.59. The summed E-state index contributed by atoms with van der Waals surface area (Å²) in [7, 11) is 0. The van der Waals surface area contributed by atoms with Gasteiger partial charge in [-0.15, -0.1) is 9.91 Å². The van der Waals surface area contributed by atoms with Crippen LogP contribution in [0.25, 0.3) is 9.80 Å². The Balaban J connectivity index is 1.83. The summed E-state index contributed by atoms with van der Waals surface area (Å²) in [4.78, 5) is 15.5. The van der Waals surface area contributed by atoms with Crippen molar-refractivity contribution in [2.24, 2.45) is 0 Å². The average Bonchev–Trinajstić information content (AvgIpc) is 3.20. The highest BCUT2D eigenvalue weighted by Crippen LogP contribution is 2.37. The van der Waals surface area contributed by atoms with E-state index in [9.17, 15) is 0 Å². The second kappa shape index (κ2) is 3.84. The second-order valence-corrected chi connectivity index (χ2v) is 4.90. The van der Waals surface area contributed by atoms with Gasteiger partial charge in [0.2, 0.25) is 0 Å². The van der Waals surface area contributed by atoms with Crippen molar-refractivity contribution in [3.05, 3.63) is 39.4 Å². The van der Waals surface area contributed by atoms with Gasteiger partial charge in [-0.1, -0.05) is 11.0 Å². The Labute approximate surface area is 111 Å². The molecule has 6 nitrogen and oxygen atoms in total. The van der Waals surface area contributed by atoms with Crippen LogP contribution < -0.4 is 5.32 Å². The number of rotatable bonds is 0. The zero-order valence-electron chi connectivity index (χ0n) is 10.5. The summed E-state index contributed by atoms with van der Waals surface area (Å²) >= 11 is 0. The highest BCUT2D eigenvalue weighted by Gasteiger charge is 2.71. The minimum atomic E-state index is -0.568. The minimum absolute atomic E-state index is 0.568. The van der Waals surface area contributed by atoms with Crippen LogP contribution in [-0.4, -0.2) is 41.1 Å². The van der Waals surface area contributed by atoms with Crippen LogP contribution in [0.2, 0.25) is 0 Å². The smallest absolute Gasteiger partial charge is 0.311 e. The maximum Gasteiger partial charge on any atom is 0.591 e. The number of hydrogen-bond acceptors (Lipinski definition) is 4. The normalized spacial score (nSPS) is 26.7. The van der Waals surface area contributed by atoms with Gasteiger partial charge in [0.25, 0.3) is 0 Å². The summed E-state index contributed by atoms with van der Waals surface area (Å²) in [5.41, 5.74) is 1.35. The molecule has 0 aromatic carbocycles. The fraction of sp³-hybridized carbons (Fsp3) is 0.462. The molecule has 1 spiro atoms. The molecule has 0 saturated carbocycles. The molecule has 6 heteroatoms. The van der Waals surface area contributed by atoms with Crippen LogP contribution >= 0.6 is 0 Å². The lowest BCUT2D eigenvalue weighted by Gasteiger charge is -2.12. The molecule has 0 saturated heterocycles. The molecule has 4 rings (SSSR count). The Morgan fingerprint density at radius 1 is 1.32 bits per heavy atom. The third-order valence-electron chi connectivity index (χ3n) is 3.59. The molecule has 1 aromatic rings. The summed E-state index contributed by atoms with van der Waals surface area (Å²) in [6.45, 7) is 4.14. The highest BCUT2D eigenvalue weighted by molar-refractivity contribution is 5.45. The number of aromatic nitrogens is 1. The maximum absolute atomic E-state index is 4.70. The lowest BCUT2D eigenvalue weighted by atomic mass is 10.1. The molecule has 0 fully saturated rings. The summed E-state index contributed by atoms with van der Waals surface area (Å²) in [6, 6.07) is 9.12. The zero-order valence-corrected chi connectivity index (χ0v) is 10.5. The van der Waals surface area contributed by atoms with E-state index in [4.69, 9.17) is 4.98 Å². The summed E-state index contributed by atoms with van der Waals surface area (Å²) in [5, 5.41) is 5.39. The molecule has 94 valence electrons. The van der Waals surface area contributed by atoms with Crippen molar-refractivity contribution in [2.75, 3.05) is 26.2 Å². The van der Waals surface area contributed by atoms with E-state index >= 15 is 0 Å². The van der Waals surface area contributed by atoms with Crippen molar-refractivity contribution in [2.45, 2.75) is 12.2 Å².